The predicted molar refractivity (Wildman–Crippen MR) is 77.5 cm³/mol. The van der Waals surface area contributed by atoms with E-state index in [9.17, 15) is 0 Å². The maximum Gasteiger partial charge on any atom is 0.0718 e. The lowest BCUT2D eigenvalue weighted by molar-refractivity contribution is 0.00450. The summed E-state index contributed by atoms with van der Waals surface area (Å²) < 4.78 is 17.1. The average Bonchev–Trinajstić information content (AvgIpc) is 2.39. The van der Waals surface area contributed by atoms with Crippen LogP contribution in [0.2, 0.25) is 0 Å². The van der Waals surface area contributed by atoms with Crippen molar-refractivity contribution in [1.82, 2.24) is 0 Å². The SMILES string of the molecule is OCCOCCOCCOCc1ccc(I)cc1. The van der Waals surface area contributed by atoms with E-state index in [2.05, 4.69) is 46.9 Å². The van der Waals surface area contributed by atoms with Gasteiger partial charge in [0.1, 0.15) is 0 Å². The van der Waals surface area contributed by atoms with Crippen LogP contribution in [0, 0.1) is 3.57 Å². The van der Waals surface area contributed by atoms with E-state index in [4.69, 9.17) is 19.3 Å². The van der Waals surface area contributed by atoms with Crippen molar-refractivity contribution >= 4 is 22.6 Å². The van der Waals surface area contributed by atoms with Crippen LogP contribution in [0.15, 0.2) is 24.3 Å². The minimum absolute atomic E-state index is 0.0547. The molecule has 0 bridgehead atoms. The zero-order valence-corrected chi connectivity index (χ0v) is 12.5. The van der Waals surface area contributed by atoms with Crippen molar-refractivity contribution in [3.63, 3.8) is 0 Å². The molecule has 0 unspecified atom stereocenters. The van der Waals surface area contributed by atoms with E-state index in [1.54, 1.807) is 0 Å². The quantitative estimate of drug-likeness (QED) is 0.507. The first-order chi connectivity index (χ1) is 8.83. The number of halogens is 1. The molecule has 0 radical (unpaired) electrons. The van der Waals surface area contributed by atoms with E-state index in [0.29, 0.717) is 39.6 Å². The highest BCUT2D eigenvalue weighted by Gasteiger charge is 1.94. The second-order valence-electron chi connectivity index (χ2n) is 3.63. The van der Waals surface area contributed by atoms with Gasteiger partial charge in [-0.1, -0.05) is 12.1 Å². The Morgan fingerprint density at radius 1 is 0.833 bits per heavy atom. The van der Waals surface area contributed by atoms with Gasteiger partial charge in [-0.3, -0.25) is 0 Å². The monoisotopic (exact) mass is 366 g/mol. The summed E-state index contributed by atoms with van der Waals surface area (Å²) in [5, 5.41) is 8.48. The molecule has 0 aliphatic heterocycles. The lowest BCUT2D eigenvalue weighted by atomic mass is 10.2. The molecule has 1 N–H and O–H groups in total. The first kappa shape index (κ1) is 15.8. The zero-order valence-electron chi connectivity index (χ0n) is 10.3. The molecule has 0 amide bonds. The van der Waals surface area contributed by atoms with E-state index in [0.717, 1.165) is 0 Å². The van der Waals surface area contributed by atoms with Crippen LogP contribution in [0.5, 0.6) is 0 Å². The van der Waals surface area contributed by atoms with Gasteiger partial charge in [-0.25, -0.2) is 0 Å². The van der Waals surface area contributed by atoms with E-state index < -0.39 is 0 Å². The van der Waals surface area contributed by atoms with Crippen molar-refractivity contribution in [2.75, 3.05) is 39.6 Å². The Morgan fingerprint density at radius 3 is 2.00 bits per heavy atom. The van der Waals surface area contributed by atoms with E-state index in [-0.39, 0.29) is 6.61 Å². The molecule has 0 aromatic heterocycles. The molecule has 0 heterocycles. The Kier molecular flexibility index (Phi) is 9.41. The van der Waals surface area contributed by atoms with Gasteiger partial charge in [-0.05, 0) is 40.3 Å². The molecule has 1 rings (SSSR count). The van der Waals surface area contributed by atoms with Gasteiger partial charge < -0.3 is 19.3 Å². The van der Waals surface area contributed by atoms with E-state index in [1.165, 1.54) is 9.13 Å². The van der Waals surface area contributed by atoms with Gasteiger partial charge in [0.05, 0.1) is 46.2 Å². The number of aliphatic hydroxyl groups is 1. The molecule has 0 fully saturated rings. The van der Waals surface area contributed by atoms with Crippen molar-refractivity contribution in [2.24, 2.45) is 0 Å². The Morgan fingerprint density at radius 2 is 1.39 bits per heavy atom. The molecule has 4 nitrogen and oxygen atoms in total. The molecule has 1 aromatic rings. The third-order valence-corrected chi connectivity index (χ3v) is 2.88. The molecule has 0 atom stereocenters. The summed E-state index contributed by atoms with van der Waals surface area (Å²) in [6, 6.07) is 8.25. The second kappa shape index (κ2) is 10.7. The third-order valence-electron chi connectivity index (χ3n) is 2.16. The van der Waals surface area contributed by atoms with Crippen molar-refractivity contribution < 1.29 is 19.3 Å². The van der Waals surface area contributed by atoms with Gasteiger partial charge in [-0.15, -0.1) is 0 Å². The van der Waals surface area contributed by atoms with Gasteiger partial charge in [0, 0.05) is 3.57 Å². The Hall–Kier alpha value is -0.210. The molecule has 0 aliphatic carbocycles. The highest BCUT2D eigenvalue weighted by Crippen LogP contribution is 2.07. The molecule has 18 heavy (non-hydrogen) atoms. The Bertz CT molecular complexity index is 302. The van der Waals surface area contributed by atoms with Crippen molar-refractivity contribution in [2.45, 2.75) is 6.61 Å². The first-order valence-corrected chi connectivity index (χ1v) is 6.99. The number of ether oxygens (including phenoxy) is 3. The molecule has 0 aliphatic rings. The van der Waals surface area contributed by atoms with Crippen LogP contribution in [0.3, 0.4) is 0 Å². The normalized spacial score (nSPS) is 10.8. The molecule has 0 saturated carbocycles. The summed E-state index contributed by atoms with van der Waals surface area (Å²) in [7, 11) is 0. The van der Waals surface area contributed by atoms with E-state index in [1.807, 2.05) is 0 Å². The second-order valence-corrected chi connectivity index (χ2v) is 4.87. The summed E-state index contributed by atoms with van der Waals surface area (Å²) in [6.45, 7) is 3.22. The Balaban J connectivity index is 1.91. The van der Waals surface area contributed by atoms with Gasteiger partial charge in [0.25, 0.3) is 0 Å². The summed E-state index contributed by atoms with van der Waals surface area (Å²) in [5.74, 6) is 0. The Labute approximate surface area is 121 Å². The zero-order chi connectivity index (χ0) is 13.1. The molecule has 5 heteroatoms. The highest BCUT2D eigenvalue weighted by molar-refractivity contribution is 14.1. The fourth-order valence-corrected chi connectivity index (χ4v) is 1.63. The topological polar surface area (TPSA) is 47.9 Å². The number of hydrogen-bond donors (Lipinski definition) is 1. The summed E-state index contributed by atoms with van der Waals surface area (Å²) in [4.78, 5) is 0. The average molecular weight is 366 g/mol. The van der Waals surface area contributed by atoms with Crippen LogP contribution < -0.4 is 0 Å². The van der Waals surface area contributed by atoms with Crippen molar-refractivity contribution in [3.8, 4) is 0 Å². The summed E-state index contributed by atoms with van der Waals surface area (Å²) in [5.41, 5.74) is 1.17. The smallest absolute Gasteiger partial charge is 0.0718 e. The molecule has 0 spiro atoms. The molecular weight excluding hydrogens is 347 g/mol. The van der Waals surface area contributed by atoms with Crippen molar-refractivity contribution in [1.29, 1.82) is 0 Å². The third kappa shape index (κ3) is 7.99. The standard InChI is InChI=1S/C13H19IO4/c14-13-3-1-12(2-4-13)11-18-10-9-17-8-7-16-6-5-15/h1-4,15H,5-11H2. The van der Waals surface area contributed by atoms with Crippen LogP contribution in [0.1, 0.15) is 5.56 Å². The molecule has 102 valence electrons. The van der Waals surface area contributed by atoms with Crippen LogP contribution in [-0.2, 0) is 20.8 Å². The lowest BCUT2D eigenvalue weighted by Gasteiger charge is -2.06. The molecule has 1 aromatic carbocycles. The largest absolute Gasteiger partial charge is 0.394 e. The number of hydrogen-bond acceptors (Lipinski definition) is 4. The number of rotatable bonds is 10. The van der Waals surface area contributed by atoms with Gasteiger partial charge in [0.15, 0.2) is 0 Å². The summed E-state index contributed by atoms with van der Waals surface area (Å²) in [6.07, 6.45) is 0. The van der Waals surface area contributed by atoms with Gasteiger partial charge in [-0.2, -0.15) is 0 Å². The lowest BCUT2D eigenvalue weighted by Crippen LogP contribution is -2.10. The van der Waals surface area contributed by atoms with Gasteiger partial charge in [0.2, 0.25) is 0 Å². The minimum Gasteiger partial charge on any atom is -0.394 e. The van der Waals surface area contributed by atoms with Crippen LogP contribution in [0.4, 0.5) is 0 Å². The van der Waals surface area contributed by atoms with Gasteiger partial charge >= 0.3 is 0 Å². The first-order valence-electron chi connectivity index (χ1n) is 5.91. The predicted octanol–water partition coefficient (Wildman–Crippen LogP) is 1.83. The summed E-state index contributed by atoms with van der Waals surface area (Å²) >= 11 is 2.28. The van der Waals surface area contributed by atoms with Crippen molar-refractivity contribution in [3.05, 3.63) is 33.4 Å². The van der Waals surface area contributed by atoms with Crippen LogP contribution in [-0.4, -0.2) is 44.7 Å². The maximum absolute atomic E-state index is 8.48. The van der Waals surface area contributed by atoms with Crippen LogP contribution in [0.25, 0.3) is 0 Å². The highest BCUT2D eigenvalue weighted by atomic mass is 127. The van der Waals surface area contributed by atoms with Crippen LogP contribution >= 0.6 is 22.6 Å². The molecular formula is C13H19IO4. The van der Waals surface area contributed by atoms with E-state index >= 15 is 0 Å². The maximum atomic E-state index is 8.48. The number of benzene rings is 1. The minimum atomic E-state index is 0.0547. The number of aliphatic hydroxyl groups excluding tert-OH is 1. The fourth-order valence-electron chi connectivity index (χ4n) is 1.28. The molecule has 0 saturated heterocycles. The fraction of sp³-hybridized carbons (Fsp3) is 0.538.